The van der Waals surface area contributed by atoms with Crippen molar-refractivity contribution in [2.45, 2.75) is 13.3 Å². The number of hydrogen-bond donors (Lipinski definition) is 0. The Hall–Kier alpha value is -1.80. The van der Waals surface area contributed by atoms with E-state index in [1.165, 1.54) is 11.2 Å². The molecule has 0 radical (unpaired) electrons. The SMILES string of the molecule is CC(=O)N1CCN(C(=O)CCN(c2cccc(Cl)c2)S(C)(=O)=O)CC1. The zero-order valence-electron chi connectivity index (χ0n) is 14.3. The van der Waals surface area contributed by atoms with Crippen LogP contribution in [0, 0.1) is 0 Å². The van der Waals surface area contributed by atoms with Gasteiger partial charge < -0.3 is 9.80 Å². The van der Waals surface area contributed by atoms with E-state index in [-0.39, 0.29) is 24.8 Å². The smallest absolute Gasteiger partial charge is 0.232 e. The van der Waals surface area contributed by atoms with E-state index in [1.807, 2.05) is 0 Å². The van der Waals surface area contributed by atoms with Crippen LogP contribution in [0.2, 0.25) is 5.02 Å². The van der Waals surface area contributed by atoms with E-state index in [2.05, 4.69) is 0 Å². The van der Waals surface area contributed by atoms with E-state index in [0.29, 0.717) is 36.9 Å². The van der Waals surface area contributed by atoms with Gasteiger partial charge in [-0.15, -0.1) is 0 Å². The summed E-state index contributed by atoms with van der Waals surface area (Å²) in [5.74, 6) is -0.129. The zero-order chi connectivity index (χ0) is 18.6. The first kappa shape index (κ1) is 19.5. The van der Waals surface area contributed by atoms with Crippen LogP contribution in [-0.4, -0.2) is 69.0 Å². The summed E-state index contributed by atoms with van der Waals surface area (Å²) in [5, 5.41) is 0.429. The van der Waals surface area contributed by atoms with Crippen molar-refractivity contribution < 1.29 is 18.0 Å². The molecule has 0 unspecified atom stereocenters. The molecule has 138 valence electrons. The molecule has 1 fully saturated rings. The second-order valence-electron chi connectivity index (χ2n) is 5.95. The minimum atomic E-state index is -3.53. The second-order valence-corrected chi connectivity index (χ2v) is 8.30. The number of piperazine rings is 1. The number of carbonyl (C=O) groups is 2. The highest BCUT2D eigenvalue weighted by atomic mass is 35.5. The summed E-state index contributed by atoms with van der Waals surface area (Å²) in [6.45, 7) is 3.50. The minimum absolute atomic E-state index is 0.00342. The average molecular weight is 388 g/mol. The van der Waals surface area contributed by atoms with E-state index in [4.69, 9.17) is 11.6 Å². The molecule has 0 saturated carbocycles. The van der Waals surface area contributed by atoms with Gasteiger partial charge in [0.2, 0.25) is 21.8 Å². The van der Waals surface area contributed by atoms with Crippen molar-refractivity contribution in [3.63, 3.8) is 0 Å². The fourth-order valence-corrected chi connectivity index (χ4v) is 3.85. The van der Waals surface area contributed by atoms with Crippen LogP contribution in [0.3, 0.4) is 0 Å². The van der Waals surface area contributed by atoms with Crippen LogP contribution in [0.4, 0.5) is 5.69 Å². The van der Waals surface area contributed by atoms with Crippen LogP contribution < -0.4 is 4.31 Å². The zero-order valence-corrected chi connectivity index (χ0v) is 15.9. The number of rotatable bonds is 5. The van der Waals surface area contributed by atoms with E-state index < -0.39 is 10.0 Å². The highest BCUT2D eigenvalue weighted by Crippen LogP contribution is 2.22. The molecule has 9 heteroatoms. The summed E-state index contributed by atoms with van der Waals surface area (Å²) in [6, 6.07) is 6.52. The maximum atomic E-state index is 12.4. The third-order valence-corrected chi connectivity index (χ3v) is 5.53. The first-order valence-corrected chi connectivity index (χ1v) is 10.2. The van der Waals surface area contributed by atoms with Gasteiger partial charge in [-0.2, -0.15) is 0 Å². The lowest BCUT2D eigenvalue weighted by atomic mass is 10.2. The first-order chi connectivity index (χ1) is 11.7. The fourth-order valence-electron chi connectivity index (χ4n) is 2.74. The van der Waals surface area contributed by atoms with Gasteiger partial charge in [0.05, 0.1) is 11.9 Å². The number of amides is 2. The van der Waals surface area contributed by atoms with Crippen molar-refractivity contribution in [3.8, 4) is 0 Å². The fraction of sp³-hybridized carbons (Fsp3) is 0.500. The lowest BCUT2D eigenvalue weighted by molar-refractivity contribution is -0.138. The Morgan fingerprint density at radius 3 is 2.28 bits per heavy atom. The number of anilines is 1. The minimum Gasteiger partial charge on any atom is -0.339 e. The highest BCUT2D eigenvalue weighted by molar-refractivity contribution is 7.92. The molecule has 0 N–H and O–H groups in total. The standard InChI is InChI=1S/C16H22ClN3O4S/c1-13(21)18-8-10-19(11-9-18)16(22)6-7-20(25(2,23)24)15-5-3-4-14(17)12-15/h3-5,12H,6-11H2,1-2H3. The van der Waals surface area contributed by atoms with Gasteiger partial charge in [0, 0.05) is 51.1 Å². The topological polar surface area (TPSA) is 78.0 Å². The molecule has 1 saturated heterocycles. The largest absolute Gasteiger partial charge is 0.339 e. The van der Waals surface area contributed by atoms with Gasteiger partial charge in [0.15, 0.2) is 0 Å². The van der Waals surface area contributed by atoms with Gasteiger partial charge in [-0.3, -0.25) is 13.9 Å². The Balaban J connectivity index is 1.99. The van der Waals surface area contributed by atoms with Crippen LogP contribution in [0.5, 0.6) is 0 Å². The normalized spacial score (nSPS) is 15.2. The molecule has 0 aliphatic carbocycles. The summed E-state index contributed by atoms with van der Waals surface area (Å²) in [4.78, 5) is 27.1. The van der Waals surface area contributed by atoms with E-state index in [9.17, 15) is 18.0 Å². The monoisotopic (exact) mass is 387 g/mol. The first-order valence-electron chi connectivity index (χ1n) is 7.95. The van der Waals surface area contributed by atoms with Gasteiger partial charge in [0.1, 0.15) is 0 Å². The number of halogens is 1. The predicted octanol–water partition coefficient (Wildman–Crippen LogP) is 1.19. The molecule has 0 atom stereocenters. The number of sulfonamides is 1. The van der Waals surface area contributed by atoms with Gasteiger partial charge in [-0.05, 0) is 18.2 Å². The second kappa shape index (κ2) is 8.05. The van der Waals surface area contributed by atoms with Crippen molar-refractivity contribution in [1.82, 2.24) is 9.80 Å². The molecule has 25 heavy (non-hydrogen) atoms. The van der Waals surface area contributed by atoms with Crippen LogP contribution in [0.25, 0.3) is 0 Å². The number of benzene rings is 1. The summed E-state index contributed by atoms with van der Waals surface area (Å²) >= 11 is 5.93. The average Bonchev–Trinajstić information content (AvgIpc) is 2.53. The molecule has 1 heterocycles. The van der Waals surface area contributed by atoms with Gasteiger partial charge in [-0.1, -0.05) is 17.7 Å². The Morgan fingerprint density at radius 2 is 1.76 bits per heavy atom. The van der Waals surface area contributed by atoms with Crippen LogP contribution in [-0.2, 0) is 19.6 Å². The molecule has 1 aliphatic rings. The molecule has 1 aromatic rings. The Morgan fingerprint density at radius 1 is 1.16 bits per heavy atom. The van der Waals surface area contributed by atoms with Crippen molar-refractivity contribution in [2.75, 3.05) is 43.3 Å². The number of nitrogens with zero attached hydrogens (tertiary/aromatic N) is 3. The van der Waals surface area contributed by atoms with Crippen molar-refractivity contribution in [3.05, 3.63) is 29.3 Å². The molecule has 2 rings (SSSR count). The van der Waals surface area contributed by atoms with E-state index in [1.54, 1.807) is 34.1 Å². The summed E-state index contributed by atoms with van der Waals surface area (Å²) in [6.07, 6.45) is 1.17. The van der Waals surface area contributed by atoms with Crippen molar-refractivity contribution in [2.24, 2.45) is 0 Å². The van der Waals surface area contributed by atoms with Crippen molar-refractivity contribution >= 4 is 39.1 Å². The molecular formula is C16H22ClN3O4S. The van der Waals surface area contributed by atoms with Gasteiger partial charge in [-0.25, -0.2) is 8.42 Å². The Labute approximate surface area is 153 Å². The lowest BCUT2D eigenvalue weighted by Crippen LogP contribution is -2.50. The van der Waals surface area contributed by atoms with Crippen LogP contribution in [0.15, 0.2) is 24.3 Å². The lowest BCUT2D eigenvalue weighted by Gasteiger charge is -2.34. The molecule has 0 bridgehead atoms. The Bertz CT molecular complexity index is 746. The van der Waals surface area contributed by atoms with Gasteiger partial charge >= 0.3 is 0 Å². The molecule has 2 amide bonds. The maximum absolute atomic E-state index is 12.4. The van der Waals surface area contributed by atoms with Crippen LogP contribution >= 0.6 is 11.6 Å². The van der Waals surface area contributed by atoms with Crippen LogP contribution in [0.1, 0.15) is 13.3 Å². The summed E-state index contributed by atoms with van der Waals surface area (Å²) < 4.78 is 25.3. The quantitative estimate of drug-likeness (QED) is 0.760. The molecule has 0 spiro atoms. The third kappa shape index (κ3) is 5.34. The summed E-state index contributed by atoms with van der Waals surface area (Å²) in [7, 11) is -3.53. The number of hydrogen-bond acceptors (Lipinski definition) is 4. The molecule has 1 aromatic carbocycles. The molecule has 1 aliphatic heterocycles. The number of carbonyl (C=O) groups excluding carboxylic acids is 2. The molecule has 7 nitrogen and oxygen atoms in total. The van der Waals surface area contributed by atoms with Crippen molar-refractivity contribution in [1.29, 1.82) is 0 Å². The van der Waals surface area contributed by atoms with E-state index in [0.717, 1.165) is 6.26 Å². The third-order valence-electron chi connectivity index (χ3n) is 4.10. The Kier molecular flexibility index (Phi) is 6.29. The predicted molar refractivity (Wildman–Crippen MR) is 97.1 cm³/mol. The highest BCUT2D eigenvalue weighted by Gasteiger charge is 2.24. The van der Waals surface area contributed by atoms with E-state index >= 15 is 0 Å². The molecular weight excluding hydrogens is 366 g/mol. The maximum Gasteiger partial charge on any atom is 0.232 e. The molecule has 0 aromatic heterocycles. The summed E-state index contributed by atoms with van der Waals surface area (Å²) in [5.41, 5.74) is 0.434. The van der Waals surface area contributed by atoms with Gasteiger partial charge in [0.25, 0.3) is 0 Å².